The average Bonchev–Trinajstić information content (AvgIpc) is 2.39. The zero-order valence-electron chi connectivity index (χ0n) is 10.0. The summed E-state index contributed by atoms with van der Waals surface area (Å²) in [5.41, 5.74) is 4.04. The zero-order valence-corrected chi connectivity index (χ0v) is 10.0. The fourth-order valence-corrected chi connectivity index (χ4v) is 1.68. The van der Waals surface area contributed by atoms with Gasteiger partial charge in [-0.2, -0.15) is 5.26 Å². The lowest BCUT2D eigenvalue weighted by Gasteiger charge is -2.07. The monoisotopic (exact) mass is 222 g/mol. The van der Waals surface area contributed by atoms with Crippen LogP contribution in [0, 0.1) is 11.3 Å². The van der Waals surface area contributed by atoms with Crippen molar-refractivity contribution in [3.05, 3.63) is 53.9 Å². The van der Waals surface area contributed by atoms with Gasteiger partial charge in [-0.1, -0.05) is 26.0 Å². The molecule has 0 amide bonds. The molecular formula is C15H14N2. The van der Waals surface area contributed by atoms with Crippen molar-refractivity contribution < 1.29 is 0 Å². The molecule has 0 spiro atoms. The Labute approximate surface area is 102 Å². The van der Waals surface area contributed by atoms with Gasteiger partial charge in [-0.3, -0.25) is 4.98 Å². The second-order valence-electron chi connectivity index (χ2n) is 4.31. The highest BCUT2D eigenvalue weighted by molar-refractivity contribution is 5.64. The van der Waals surface area contributed by atoms with E-state index in [4.69, 9.17) is 5.26 Å². The largest absolute Gasteiger partial charge is 0.261 e. The van der Waals surface area contributed by atoms with E-state index in [0.29, 0.717) is 11.5 Å². The highest BCUT2D eigenvalue weighted by atomic mass is 14.7. The molecule has 2 aromatic rings. The van der Waals surface area contributed by atoms with E-state index in [1.54, 1.807) is 0 Å². The van der Waals surface area contributed by atoms with Crippen molar-refractivity contribution in [1.82, 2.24) is 4.98 Å². The lowest BCUT2D eigenvalue weighted by atomic mass is 10.0. The van der Waals surface area contributed by atoms with Gasteiger partial charge in [-0.05, 0) is 41.3 Å². The highest BCUT2D eigenvalue weighted by Gasteiger charge is 2.03. The minimum Gasteiger partial charge on any atom is -0.261 e. The van der Waals surface area contributed by atoms with Crippen LogP contribution >= 0.6 is 0 Å². The van der Waals surface area contributed by atoms with Crippen LogP contribution in [-0.2, 0) is 0 Å². The van der Waals surface area contributed by atoms with Crippen molar-refractivity contribution in [1.29, 1.82) is 5.26 Å². The molecule has 1 heterocycles. The Hall–Kier alpha value is -2.14. The van der Waals surface area contributed by atoms with Crippen LogP contribution in [0.2, 0.25) is 0 Å². The molecule has 0 N–H and O–H groups in total. The summed E-state index contributed by atoms with van der Waals surface area (Å²) in [4.78, 5) is 4.35. The second kappa shape index (κ2) is 4.80. The first-order valence-electron chi connectivity index (χ1n) is 5.67. The van der Waals surface area contributed by atoms with Gasteiger partial charge >= 0.3 is 0 Å². The molecule has 84 valence electrons. The Kier molecular flexibility index (Phi) is 3.20. The molecule has 2 nitrogen and oxygen atoms in total. The van der Waals surface area contributed by atoms with Gasteiger partial charge in [0.05, 0.1) is 11.6 Å². The summed E-state index contributed by atoms with van der Waals surface area (Å²) in [6.07, 6.45) is 1.84. The minimum absolute atomic E-state index is 0.424. The van der Waals surface area contributed by atoms with Crippen LogP contribution in [0.25, 0.3) is 11.1 Å². The number of aromatic nitrogens is 1. The second-order valence-corrected chi connectivity index (χ2v) is 4.31. The molecule has 0 saturated heterocycles. The van der Waals surface area contributed by atoms with Gasteiger partial charge in [0.25, 0.3) is 0 Å². The molecule has 1 aromatic heterocycles. The Balaban J connectivity index is 2.39. The normalized spacial score (nSPS) is 10.2. The molecule has 0 radical (unpaired) electrons. The zero-order chi connectivity index (χ0) is 12.3. The van der Waals surface area contributed by atoms with E-state index in [9.17, 15) is 0 Å². The van der Waals surface area contributed by atoms with Gasteiger partial charge in [0, 0.05) is 11.9 Å². The Bertz CT molecular complexity index is 548. The maximum atomic E-state index is 8.76. The van der Waals surface area contributed by atoms with Crippen LogP contribution in [0.5, 0.6) is 0 Å². The van der Waals surface area contributed by atoms with E-state index in [1.165, 1.54) is 0 Å². The van der Waals surface area contributed by atoms with Gasteiger partial charge < -0.3 is 0 Å². The SMILES string of the molecule is CC(C)c1cc(-c2ccc(C#N)cc2)ccn1. The van der Waals surface area contributed by atoms with E-state index in [-0.39, 0.29) is 0 Å². The summed E-state index contributed by atoms with van der Waals surface area (Å²) in [5, 5.41) is 8.76. The molecule has 2 rings (SSSR count). The fourth-order valence-electron chi connectivity index (χ4n) is 1.68. The fraction of sp³-hybridized carbons (Fsp3) is 0.200. The summed E-state index contributed by atoms with van der Waals surface area (Å²) in [7, 11) is 0. The number of nitrogens with zero attached hydrogens (tertiary/aromatic N) is 2. The van der Waals surface area contributed by atoms with Gasteiger partial charge in [0.2, 0.25) is 0 Å². The molecule has 0 atom stereocenters. The van der Waals surface area contributed by atoms with Crippen LogP contribution < -0.4 is 0 Å². The van der Waals surface area contributed by atoms with Crippen LogP contribution in [0.4, 0.5) is 0 Å². The van der Waals surface area contributed by atoms with Crippen LogP contribution in [0.1, 0.15) is 31.0 Å². The quantitative estimate of drug-likeness (QED) is 0.776. The summed E-state index contributed by atoms with van der Waals surface area (Å²) in [6, 6.07) is 13.8. The van der Waals surface area contributed by atoms with Crippen LogP contribution in [0.3, 0.4) is 0 Å². The van der Waals surface area contributed by atoms with Crippen molar-refractivity contribution in [3.63, 3.8) is 0 Å². The van der Waals surface area contributed by atoms with E-state index in [0.717, 1.165) is 16.8 Å². The smallest absolute Gasteiger partial charge is 0.0991 e. The Morgan fingerprint density at radius 1 is 1.06 bits per heavy atom. The highest BCUT2D eigenvalue weighted by Crippen LogP contribution is 2.22. The summed E-state index contributed by atoms with van der Waals surface area (Å²) in [6.45, 7) is 4.26. The first kappa shape index (κ1) is 11.3. The van der Waals surface area contributed by atoms with Crippen molar-refractivity contribution in [2.45, 2.75) is 19.8 Å². The van der Waals surface area contributed by atoms with E-state index in [2.05, 4.69) is 31.0 Å². The average molecular weight is 222 g/mol. The standard InChI is InChI=1S/C15H14N2/c1-11(2)15-9-14(7-8-17-15)13-5-3-12(10-16)4-6-13/h3-9,11H,1-2H3. The molecule has 0 aliphatic heterocycles. The minimum atomic E-state index is 0.424. The number of hydrogen-bond acceptors (Lipinski definition) is 2. The van der Waals surface area contributed by atoms with Gasteiger partial charge in [-0.25, -0.2) is 0 Å². The topological polar surface area (TPSA) is 36.7 Å². The molecule has 2 heteroatoms. The van der Waals surface area contributed by atoms with Crippen LogP contribution in [0.15, 0.2) is 42.6 Å². The third kappa shape index (κ3) is 2.51. The first-order valence-corrected chi connectivity index (χ1v) is 5.67. The maximum absolute atomic E-state index is 8.76. The number of pyridine rings is 1. The van der Waals surface area contributed by atoms with Crippen molar-refractivity contribution >= 4 is 0 Å². The number of hydrogen-bond donors (Lipinski definition) is 0. The summed E-state index contributed by atoms with van der Waals surface area (Å²) >= 11 is 0. The van der Waals surface area contributed by atoms with E-state index >= 15 is 0 Å². The van der Waals surface area contributed by atoms with E-state index < -0.39 is 0 Å². The van der Waals surface area contributed by atoms with Crippen molar-refractivity contribution in [2.75, 3.05) is 0 Å². The van der Waals surface area contributed by atoms with Gasteiger partial charge in [0.1, 0.15) is 0 Å². The molecule has 0 saturated carbocycles. The van der Waals surface area contributed by atoms with Gasteiger partial charge in [-0.15, -0.1) is 0 Å². The Morgan fingerprint density at radius 3 is 2.35 bits per heavy atom. The van der Waals surface area contributed by atoms with Gasteiger partial charge in [0.15, 0.2) is 0 Å². The molecule has 0 bridgehead atoms. The molecular weight excluding hydrogens is 208 g/mol. The third-order valence-electron chi connectivity index (χ3n) is 2.72. The predicted molar refractivity (Wildman–Crippen MR) is 68.5 cm³/mol. The molecule has 0 aliphatic carbocycles. The molecule has 0 aliphatic rings. The third-order valence-corrected chi connectivity index (χ3v) is 2.72. The molecule has 17 heavy (non-hydrogen) atoms. The van der Waals surface area contributed by atoms with Crippen LogP contribution in [-0.4, -0.2) is 4.98 Å². The first-order chi connectivity index (χ1) is 8.20. The predicted octanol–water partition coefficient (Wildman–Crippen LogP) is 3.74. The summed E-state index contributed by atoms with van der Waals surface area (Å²) < 4.78 is 0. The maximum Gasteiger partial charge on any atom is 0.0991 e. The molecule has 0 fully saturated rings. The number of rotatable bonds is 2. The molecule has 0 unspecified atom stereocenters. The molecule has 1 aromatic carbocycles. The number of benzene rings is 1. The van der Waals surface area contributed by atoms with Crippen molar-refractivity contribution in [2.24, 2.45) is 0 Å². The number of nitriles is 1. The lowest BCUT2D eigenvalue weighted by molar-refractivity contribution is 0.823. The Morgan fingerprint density at radius 2 is 1.76 bits per heavy atom. The lowest BCUT2D eigenvalue weighted by Crippen LogP contribution is -1.92. The summed E-state index contributed by atoms with van der Waals surface area (Å²) in [5.74, 6) is 0.424. The van der Waals surface area contributed by atoms with E-state index in [1.807, 2.05) is 36.5 Å². The van der Waals surface area contributed by atoms with Crippen molar-refractivity contribution in [3.8, 4) is 17.2 Å².